The fourth-order valence-electron chi connectivity index (χ4n) is 2.77. The first-order valence-electron chi connectivity index (χ1n) is 9.34. The number of nitriles is 1. The van der Waals surface area contributed by atoms with Crippen LogP contribution in [0.1, 0.15) is 56.1 Å². The molecule has 1 atom stereocenters. The zero-order chi connectivity index (χ0) is 20.9. The van der Waals surface area contributed by atoms with E-state index in [1.807, 2.05) is 32.0 Å². The molecule has 0 fully saturated rings. The fraction of sp³-hybridized carbons (Fsp3) is 0.348. The van der Waals surface area contributed by atoms with Gasteiger partial charge in [-0.25, -0.2) is 0 Å². The molecule has 0 spiro atoms. The SMILES string of the molecule is CC(C)[C@H](NC(=O)c1ccc(C(C)(C)C)cc1)C(=O)Nc1cccc(C#N)c1. The molecular formula is C23H27N3O2. The maximum absolute atomic E-state index is 12.7. The third kappa shape index (κ3) is 5.43. The van der Waals surface area contributed by atoms with Gasteiger partial charge in [-0.2, -0.15) is 5.26 Å². The third-order valence-corrected chi connectivity index (χ3v) is 4.51. The Kier molecular flexibility index (Phi) is 6.58. The Morgan fingerprint density at radius 1 is 1.04 bits per heavy atom. The van der Waals surface area contributed by atoms with Crippen molar-refractivity contribution in [1.82, 2.24) is 5.32 Å². The van der Waals surface area contributed by atoms with Crippen LogP contribution in [0.2, 0.25) is 0 Å². The molecule has 0 bridgehead atoms. The topological polar surface area (TPSA) is 82.0 Å². The van der Waals surface area contributed by atoms with Crippen LogP contribution in [0, 0.1) is 17.2 Å². The molecule has 0 aliphatic rings. The molecule has 0 radical (unpaired) electrons. The van der Waals surface area contributed by atoms with Gasteiger partial charge in [0, 0.05) is 11.3 Å². The fourth-order valence-corrected chi connectivity index (χ4v) is 2.77. The minimum atomic E-state index is -0.694. The number of nitrogens with one attached hydrogen (secondary N) is 2. The van der Waals surface area contributed by atoms with Crippen molar-refractivity contribution in [1.29, 1.82) is 5.26 Å². The van der Waals surface area contributed by atoms with Gasteiger partial charge in [-0.3, -0.25) is 9.59 Å². The molecular weight excluding hydrogens is 350 g/mol. The van der Waals surface area contributed by atoms with E-state index < -0.39 is 6.04 Å². The molecule has 146 valence electrons. The Morgan fingerprint density at radius 2 is 1.68 bits per heavy atom. The number of hydrogen-bond acceptors (Lipinski definition) is 3. The molecule has 0 aliphatic carbocycles. The molecule has 2 amide bonds. The zero-order valence-corrected chi connectivity index (χ0v) is 17.0. The number of carbonyl (C=O) groups is 2. The summed E-state index contributed by atoms with van der Waals surface area (Å²) in [5.41, 5.74) is 2.64. The minimum absolute atomic E-state index is 0.00727. The highest BCUT2D eigenvalue weighted by Crippen LogP contribution is 2.22. The quantitative estimate of drug-likeness (QED) is 0.817. The highest BCUT2D eigenvalue weighted by Gasteiger charge is 2.25. The number of anilines is 1. The molecule has 5 heteroatoms. The number of nitrogens with zero attached hydrogens (tertiary/aromatic N) is 1. The van der Waals surface area contributed by atoms with Gasteiger partial charge in [0.15, 0.2) is 0 Å². The van der Waals surface area contributed by atoms with Crippen LogP contribution in [0.4, 0.5) is 5.69 Å². The number of hydrogen-bond donors (Lipinski definition) is 2. The van der Waals surface area contributed by atoms with Crippen LogP contribution in [0.15, 0.2) is 48.5 Å². The van der Waals surface area contributed by atoms with Crippen molar-refractivity contribution < 1.29 is 9.59 Å². The molecule has 0 aliphatic heterocycles. The van der Waals surface area contributed by atoms with Gasteiger partial charge in [0.2, 0.25) is 5.91 Å². The van der Waals surface area contributed by atoms with Gasteiger partial charge in [0.1, 0.15) is 6.04 Å². The highest BCUT2D eigenvalue weighted by molar-refractivity contribution is 6.01. The predicted molar refractivity (Wildman–Crippen MR) is 111 cm³/mol. The molecule has 0 saturated heterocycles. The van der Waals surface area contributed by atoms with E-state index in [2.05, 4.69) is 31.4 Å². The number of amides is 2. The lowest BCUT2D eigenvalue weighted by molar-refractivity contribution is -0.118. The van der Waals surface area contributed by atoms with E-state index in [4.69, 9.17) is 5.26 Å². The highest BCUT2D eigenvalue weighted by atomic mass is 16.2. The second kappa shape index (κ2) is 8.71. The molecule has 2 aromatic rings. The monoisotopic (exact) mass is 377 g/mol. The van der Waals surface area contributed by atoms with Gasteiger partial charge >= 0.3 is 0 Å². The van der Waals surface area contributed by atoms with Crippen molar-refractivity contribution in [3.63, 3.8) is 0 Å². The zero-order valence-electron chi connectivity index (χ0n) is 17.0. The average molecular weight is 377 g/mol. The first-order valence-corrected chi connectivity index (χ1v) is 9.34. The van der Waals surface area contributed by atoms with Gasteiger partial charge in [-0.05, 0) is 47.2 Å². The summed E-state index contributed by atoms with van der Waals surface area (Å²) in [6.45, 7) is 10.1. The molecule has 0 heterocycles. The summed E-state index contributed by atoms with van der Waals surface area (Å²) in [6.07, 6.45) is 0. The Hall–Kier alpha value is -3.13. The molecule has 28 heavy (non-hydrogen) atoms. The minimum Gasteiger partial charge on any atom is -0.340 e. The Bertz CT molecular complexity index is 887. The van der Waals surface area contributed by atoms with E-state index >= 15 is 0 Å². The average Bonchev–Trinajstić information content (AvgIpc) is 2.65. The Morgan fingerprint density at radius 3 is 2.21 bits per heavy atom. The lowest BCUT2D eigenvalue weighted by atomic mass is 9.86. The van der Waals surface area contributed by atoms with Crippen molar-refractivity contribution >= 4 is 17.5 Å². The maximum Gasteiger partial charge on any atom is 0.251 e. The number of rotatable bonds is 5. The van der Waals surface area contributed by atoms with Crippen LogP contribution in [0.3, 0.4) is 0 Å². The van der Waals surface area contributed by atoms with Crippen molar-refractivity contribution in [2.75, 3.05) is 5.32 Å². The van der Waals surface area contributed by atoms with E-state index in [1.165, 1.54) is 0 Å². The molecule has 2 rings (SSSR count). The molecule has 2 N–H and O–H groups in total. The van der Waals surface area contributed by atoms with Crippen LogP contribution < -0.4 is 10.6 Å². The number of carbonyl (C=O) groups excluding carboxylic acids is 2. The lowest BCUT2D eigenvalue weighted by Crippen LogP contribution is -2.47. The Labute approximate surface area is 166 Å². The van der Waals surface area contributed by atoms with Crippen LogP contribution >= 0.6 is 0 Å². The van der Waals surface area contributed by atoms with E-state index in [-0.39, 0.29) is 23.1 Å². The lowest BCUT2D eigenvalue weighted by Gasteiger charge is -2.22. The van der Waals surface area contributed by atoms with Gasteiger partial charge < -0.3 is 10.6 Å². The number of benzene rings is 2. The van der Waals surface area contributed by atoms with Crippen LogP contribution in [0.25, 0.3) is 0 Å². The van der Waals surface area contributed by atoms with E-state index in [0.717, 1.165) is 5.56 Å². The largest absolute Gasteiger partial charge is 0.340 e. The van der Waals surface area contributed by atoms with Gasteiger partial charge in [-0.15, -0.1) is 0 Å². The van der Waals surface area contributed by atoms with Crippen molar-refractivity contribution in [2.24, 2.45) is 5.92 Å². The summed E-state index contributed by atoms with van der Waals surface area (Å²) in [7, 11) is 0. The van der Waals surface area contributed by atoms with Gasteiger partial charge in [0.25, 0.3) is 5.91 Å². The van der Waals surface area contributed by atoms with Crippen molar-refractivity contribution in [3.05, 3.63) is 65.2 Å². The first-order chi connectivity index (χ1) is 13.1. The second-order valence-electron chi connectivity index (χ2n) is 8.20. The summed E-state index contributed by atoms with van der Waals surface area (Å²) in [5.74, 6) is -0.707. The molecule has 0 unspecified atom stereocenters. The van der Waals surface area contributed by atoms with Gasteiger partial charge in [-0.1, -0.05) is 52.8 Å². The first kappa shape index (κ1) is 21.2. The van der Waals surface area contributed by atoms with Crippen molar-refractivity contribution in [2.45, 2.75) is 46.1 Å². The van der Waals surface area contributed by atoms with Crippen LogP contribution in [-0.4, -0.2) is 17.9 Å². The smallest absolute Gasteiger partial charge is 0.251 e. The Balaban J connectivity index is 2.12. The maximum atomic E-state index is 12.7. The van der Waals surface area contributed by atoms with E-state index in [1.54, 1.807) is 36.4 Å². The van der Waals surface area contributed by atoms with Crippen LogP contribution in [0.5, 0.6) is 0 Å². The summed E-state index contributed by atoms with van der Waals surface area (Å²) in [6, 6.07) is 15.5. The van der Waals surface area contributed by atoms with E-state index in [0.29, 0.717) is 16.8 Å². The molecule has 0 saturated carbocycles. The van der Waals surface area contributed by atoms with Crippen LogP contribution in [-0.2, 0) is 10.2 Å². The normalized spacial score (nSPS) is 12.2. The summed E-state index contributed by atoms with van der Waals surface area (Å²) >= 11 is 0. The predicted octanol–water partition coefficient (Wildman–Crippen LogP) is 4.25. The molecule has 2 aromatic carbocycles. The van der Waals surface area contributed by atoms with E-state index in [9.17, 15) is 9.59 Å². The van der Waals surface area contributed by atoms with Gasteiger partial charge in [0.05, 0.1) is 11.6 Å². The summed E-state index contributed by atoms with van der Waals surface area (Å²) in [4.78, 5) is 25.3. The summed E-state index contributed by atoms with van der Waals surface area (Å²) < 4.78 is 0. The van der Waals surface area contributed by atoms with Crippen molar-refractivity contribution in [3.8, 4) is 6.07 Å². The summed E-state index contributed by atoms with van der Waals surface area (Å²) in [5, 5.41) is 14.6. The second-order valence-corrected chi connectivity index (χ2v) is 8.20. The third-order valence-electron chi connectivity index (χ3n) is 4.51. The molecule has 5 nitrogen and oxygen atoms in total. The standard InChI is InChI=1S/C23H27N3O2/c1-15(2)20(22(28)25-19-8-6-7-16(13-19)14-24)26-21(27)17-9-11-18(12-10-17)23(3,4)5/h6-13,15,20H,1-5H3,(H,25,28)(H,26,27)/t20-/m0/s1. The molecule has 0 aromatic heterocycles.